The van der Waals surface area contributed by atoms with Crippen molar-refractivity contribution >= 4 is 39.1 Å². The standard InChI is InChI=1S/C32H40ClN3O6S/c1-5-8-21-34-32(38)28(6-2)35(22-24-13-17-26(41-4)18-14-24)31(37)23-36(29-11-9-10-12-30(29)42-7-3)43(39,40)27-19-15-25(33)16-20-27/h9-20,28H,5-8,21-23H2,1-4H3,(H,34,38). The van der Waals surface area contributed by atoms with Crippen molar-refractivity contribution in [3.05, 3.63) is 83.4 Å². The van der Waals surface area contributed by atoms with Gasteiger partial charge in [0, 0.05) is 18.1 Å². The summed E-state index contributed by atoms with van der Waals surface area (Å²) in [5.41, 5.74) is 0.966. The zero-order valence-corrected chi connectivity index (χ0v) is 26.7. The first-order chi connectivity index (χ1) is 20.7. The third kappa shape index (κ3) is 8.87. The van der Waals surface area contributed by atoms with Crippen molar-refractivity contribution in [2.45, 2.75) is 57.5 Å². The Bertz CT molecular complexity index is 1450. The zero-order chi connectivity index (χ0) is 31.4. The number of nitrogens with zero attached hydrogens (tertiary/aromatic N) is 2. The van der Waals surface area contributed by atoms with E-state index in [4.69, 9.17) is 21.1 Å². The summed E-state index contributed by atoms with van der Waals surface area (Å²) < 4.78 is 40.3. The van der Waals surface area contributed by atoms with E-state index < -0.39 is 28.5 Å². The van der Waals surface area contributed by atoms with Gasteiger partial charge in [-0.1, -0.05) is 56.1 Å². The van der Waals surface area contributed by atoms with Crippen LogP contribution in [0.3, 0.4) is 0 Å². The molecule has 0 aliphatic heterocycles. The van der Waals surface area contributed by atoms with E-state index in [2.05, 4.69) is 5.32 Å². The molecule has 2 amide bonds. The molecule has 9 nitrogen and oxygen atoms in total. The topological polar surface area (TPSA) is 105 Å². The number of ether oxygens (including phenoxy) is 2. The van der Waals surface area contributed by atoms with Crippen LogP contribution in [0.15, 0.2) is 77.7 Å². The molecule has 43 heavy (non-hydrogen) atoms. The van der Waals surface area contributed by atoms with E-state index in [9.17, 15) is 18.0 Å². The number of sulfonamides is 1. The van der Waals surface area contributed by atoms with Crippen LogP contribution >= 0.6 is 11.6 Å². The van der Waals surface area contributed by atoms with Crippen LogP contribution in [0, 0.1) is 0 Å². The molecule has 0 saturated heterocycles. The monoisotopic (exact) mass is 629 g/mol. The Labute approximate surface area is 259 Å². The van der Waals surface area contributed by atoms with Crippen LogP contribution in [0.1, 0.15) is 45.6 Å². The smallest absolute Gasteiger partial charge is 0.264 e. The maximum atomic E-state index is 14.2. The fraction of sp³-hybridized carbons (Fsp3) is 0.375. The van der Waals surface area contributed by atoms with E-state index in [0.29, 0.717) is 36.1 Å². The first-order valence-corrected chi connectivity index (χ1v) is 16.2. The number of benzene rings is 3. The number of nitrogens with one attached hydrogen (secondary N) is 1. The second-order valence-corrected chi connectivity index (χ2v) is 12.1. The highest BCUT2D eigenvalue weighted by Gasteiger charge is 2.34. The number of hydrogen-bond acceptors (Lipinski definition) is 6. The van der Waals surface area contributed by atoms with Crippen LogP contribution in [-0.4, -0.2) is 58.0 Å². The first-order valence-electron chi connectivity index (χ1n) is 14.4. The summed E-state index contributed by atoms with van der Waals surface area (Å²) in [4.78, 5) is 29.0. The maximum absolute atomic E-state index is 14.2. The van der Waals surface area contributed by atoms with Crippen LogP contribution in [0.4, 0.5) is 5.69 Å². The van der Waals surface area contributed by atoms with Crippen molar-refractivity contribution in [1.82, 2.24) is 10.2 Å². The maximum Gasteiger partial charge on any atom is 0.264 e. The van der Waals surface area contributed by atoms with E-state index in [1.165, 1.54) is 29.2 Å². The number of hydrogen-bond donors (Lipinski definition) is 1. The van der Waals surface area contributed by atoms with Gasteiger partial charge in [-0.15, -0.1) is 0 Å². The van der Waals surface area contributed by atoms with E-state index in [1.54, 1.807) is 50.4 Å². The zero-order valence-electron chi connectivity index (χ0n) is 25.1. The van der Waals surface area contributed by atoms with E-state index in [1.807, 2.05) is 26.0 Å². The van der Waals surface area contributed by atoms with Crippen LogP contribution in [0.25, 0.3) is 0 Å². The van der Waals surface area contributed by atoms with Crippen molar-refractivity contribution in [1.29, 1.82) is 0 Å². The van der Waals surface area contributed by atoms with E-state index in [-0.39, 0.29) is 23.0 Å². The molecule has 0 bridgehead atoms. The van der Waals surface area contributed by atoms with Crippen molar-refractivity contribution in [3.8, 4) is 11.5 Å². The molecule has 3 aromatic carbocycles. The molecule has 232 valence electrons. The number of carbonyl (C=O) groups is 2. The van der Waals surface area contributed by atoms with Crippen LogP contribution < -0.4 is 19.1 Å². The third-order valence-electron chi connectivity index (χ3n) is 6.84. The average molecular weight is 630 g/mol. The van der Waals surface area contributed by atoms with Gasteiger partial charge >= 0.3 is 0 Å². The lowest BCUT2D eigenvalue weighted by Crippen LogP contribution is -2.52. The molecule has 1 N–H and O–H groups in total. The van der Waals surface area contributed by atoms with Crippen molar-refractivity contribution in [3.63, 3.8) is 0 Å². The summed E-state index contributed by atoms with van der Waals surface area (Å²) >= 11 is 6.04. The summed E-state index contributed by atoms with van der Waals surface area (Å²) in [5.74, 6) is 0.122. The molecule has 3 rings (SSSR count). The minimum absolute atomic E-state index is 0.0398. The highest BCUT2D eigenvalue weighted by atomic mass is 35.5. The second-order valence-electron chi connectivity index (χ2n) is 9.80. The lowest BCUT2D eigenvalue weighted by atomic mass is 10.1. The van der Waals surface area contributed by atoms with Crippen LogP contribution in [-0.2, 0) is 26.2 Å². The van der Waals surface area contributed by atoms with Gasteiger partial charge in [-0.3, -0.25) is 13.9 Å². The number of carbonyl (C=O) groups excluding carboxylic acids is 2. The van der Waals surface area contributed by atoms with Crippen LogP contribution in [0.5, 0.6) is 11.5 Å². The van der Waals surface area contributed by atoms with E-state index >= 15 is 0 Å². The predicted octanol–water partition coefficient (Wildman–Crippen LogP) is 5.67. The Kier molecular flexibility index (Phi) is 12.7. The largest absolute Gasteiger partial charge is 0.497 e. The van der Waals surface area contributed by atoms with Gasteiger partial charge in [-0.2, -0.15) is 0 Å². The van der Waals surface area contributed by atoms with Gasteiger partial charge in [0.2, 0.25) is 11.8 Å². The number of amides is 2. The van der Waals surface area contributed by atoms with E-state index in [0.717, 1.165) is 22.7 Å². The number of anilines is 1. The van der Waals surface area contributed by atoms with Gasteiger partial charge in [0.25, 0.3) is 10.0 Å². The Morgan fingerprint density at radius 2 is 1.63 bits per heavy atom. The normalized spacial score (nSPS) is 11.8. The number of rotatable bonds is 16. The second kappa shape index (κ2) is 16.2. The van der Waals surface area contributed by atoms with Gasteiger partial charge in [-0.05, 0) is 73.9 Å². The molecule has 0 heterocycles. The summed E-state index contributed by atoms with van der Waals surface area (Å²) in [6.45, 7) is 5.94. The molecule has 0 fully saturated rings. The number of para-hydroxylation sites is 2. The lowest BCUT2D eigenvalue weighted by Gasteiger charge is -2.33. The quantitative estimate of drug-likeness (QED) is 0.205. The summed E-state index contributed by atoms with van der Waals surface area (Å²) in [6.07, 6.45) is 2.04. The molecule has 0 saturated carbocycles. The molecule has 3 aromatic rings. The SMILES string of the molecule is CCCCNC(=O)C(CC)N(Cc1ccc(OC)cc1)C(=O)CN(c1ccccc1OCC)S(=O)(=O)c1ccc(Cl)cc1. The third-order valence-corrected chi connectivity index (χ3v) is 8.87. The minimum Gasteiger partial charge on any atom is -0.497 e. The molecular formula is C32H40ClN3O6S. The van der Waals surface area contributed by atoms with Crippen molar-refractivity contribution in [2.24, 2.45) is 0 Å². The Morgan fingerprint density at radius 1 is 0.953 bits per heavy atom. The Hall–Kier alpha value is -3.76. The molecule has 0 spiro atoms. The van der Waals surface area contributed by atoms with Gasteiger partial charge < -0.3 is 19.7 Å². The molecule has 1 unspecified atom stereocenters. The number of methoxy groups -OCH3 is 1. The first kappa shape index (κ1) is 33.7. The van der Waals surface area contributed by atoms with Gasteiger partial charge in [0.05, 0.1) is 24.3 Å². The summed E-state index contributed by atoms with van der Waals surface area (Å²) in [6, 6.07) is 18.7. The summed E-state index contributed by atoms with van der Waals surface area (Å²) in [7, 11) is -2.70. The van der Waals surface area contributed by atoms with Crippen LogP contribution in [0.2, 0.25) is 5.02 Å². The number of unbranched alkanes of at least 4 members (excludes halogenated alkanes) is 1. The minimum atomic E-state index is -4.26. The molecule has 0 aliphatic carbocycles. The van der Waals surface area contributed by atoms with Gasteiger partial charge in [-0.25, -0.2) is 8.42 Å². The summed E-state index contributed by atoms with van der Waals surface area (Å²) in [5, 5.41) is 3.31. The molecular weight excluding hydrogens is 590 g/mol. The highest BCUT2D eigenvalue weighted by Crippen LogP contribution is 2.33. The van der Waals surface area contributed by atoms with Crippen molar-refractivity contribution < 1.29 is 27.5 Å². The average Bonchev–Trinajstić information content (AvgIpc) is 3.01. The fourth-order valence-corrected chi connectivity index (χ4v) is 6.09. The lowest BCUT2D eigenvalue weighted by molar-refractivity contribution is -0.140. The molecule has 0 aliphatic rings. The molecule has 11 heteroatoms. The van der Waals surface area contributed by atoms with Gasteiger partial charge in [0.1, 0.15) is 24.1 Å². The number of halogens is 1. The molecule has 0 aromatic heterocycles. The predicted molar refractivity (Wildman–Crippen MR) is 169 cm³/mol. The van der Waals surface area contributed by atoms with Crippen molar-refractivity contribution in [2.75, 3.05) is 31.1 Å². The van der Waals surface area contributed by atoms with Gasteiger partial charge in [0.15, 0.2) is 0 Å². The molecule has 1 atom stereocenters. The molecule has 0 radical (unpaired) electrons. The highest BCUT2D eigenvalue weighted by molar-refractivity contribution is 7.92. The Balaban J connectivity index is 2.08. The Morgan fingerprint density at radius 3 is 2.23 bits per heavy atom. The fourth-order valence-electron chi connectivity index (χ4n) is 4.54.